The Kier molecular flexibility index (Phi) is 24.2. The molecular formula is C61H77FO13. The van der Waals surface area contributed by atoms with Crippen molar-refractivity contribution >= 4 is 35.8 Å². The van der Waals surface area contributed by atoms with Gasteiger partial charge in [0.1, 0.15) is 43.4 Å². The third-order valence-corrected chi connectivity index (χ3v) is 13.3. The summed E-state index contributed by atoms with van der Waals surface area (Å²) in [6, 6.07) is 15.5. The fourth-order valence-electron chi connectivity index (χ4n) is 8.90. The molecule has 1 aliphatic carbocycles. The van der Waals surface area contributed by atoms with Gasteiger partial charge in [0.15, 0.2) is 0 Å². The van der Waals surface area contributed by atoms with Crippen molar-refractivity contribution in [3.8, 4) is 28.0 Å². The molecule has 14 heteroatoms. The molecule has 0 heterocycles. The van der Waals surface area contributed by atoms with Crippen LogP contribution in [0.4, 0.5) is 4.39 Å². The molecule has 1 fully saturated rings. The molecular weight excluding hydrogens is 960 g/mol. The smallest absolute Gasteiger partial charge is 0.417 e. The summed E-state index contributed by atoms with van der Waals surface area (Å²) >= 11 is 0. The molecule has 0 saturated heterocycles. The van der Waals surface area contributed by atoms with E-state index >= 15 is 4.39 Å². The molecule has 406 valence electrons. The van der Waals surface area contributed by atoms with Crippen LogP contribution in [0.5, 0.6) is 5.75 Å². The zero-order chi connectivity index (χ0) is 55.2. The number of benzene rings is 3. The number of ether oxygens (including phenoxy) is 7. The van der Waals surface area contributed by atoms with Crippen LogP contribution >= 0.6 is 0 Å². The van der Waals surface area contributed by atoms with Crippen molar-refractivity contribution in [2.24, 2.45) is 11.3 Å². The van der Waals surface area contributed by atoms with Crippen LogP contribution in [0.25, 0.3) is 22.3 Å². The third-order valence-electron chi connectivity index (χ3n) is 13.3. The van der Waals surface area contributed by atoms with Crippen molar-refractivity contribution < 1.29 is 66.3 Å². The topological polar surface area (TPSA) is 167 Å². The van der Waals surface area contributed by atoms with Gasteiger partial charge in [-0.25, -0.2) is 33.2 Å². The predicted molar refractivity (Wildman–Crippen MR) is 286 cm³/mol. The number of hydrogen-bond acceptors (Lipinski definition) is 13. The van der Waals surface area contributed by atoms with E-state index in [1.807, 2.05) is 43.3 Å². The summed E-state index contributed by atoms with van der Waals surface area (Å²) in [5, 5.41) is 0. The molecule has 0 radical (unpaired) electrons. The molecule has 1 saturated carbocycles. The predicted octanol–water partition coefficient (Wildman–Crippen LogP) is 12.0. The van der Waals surface area contributed by atoms with Gasteiger partial charge in [0.2, 0.25) is 0 Å². The molecule has 0 amide bonds. The number of hydrogen-bond donors (Lipinski definition) is 0. The molecule has 3 aromatic carbocycles. The highest BCUT2D eigenvalue weighted by Gasteiger charge is 2.39. The van der Waals surface area contributed by atoms with Gasteiger partial charge in [-0.15, -0.1) is 0 Å². The van der Waals surface area contributed by atoms with Gasteiger partial charge in [-0.1, -0.05) is 96.2 Å². The van der Waals surface area contributed by atoms with Crippen molar-refractivity contribution in [2.75, 3.05) is 46.8 Å². The largest absolute Gasteiger partial charge is 0.492 e. The molecule has 0 N–H and O–H groups in total. The van der Waals surface area contributed by atoms with Crippen molar-refractivity contribution in [2.45, 2.75) is 131 Å². The van der Waals surface area contributed by atoms with Crippen LogP contribution in [0, 0.1) is 17.2 Å². The standard InChI is InChI=1S/C61H77FO13/c1-12-14-15-18-43-21-23-45(24-22-43)47-26-28-52(53(62)34-47)51-27-25-46(31-44(51)13-2)50-32-48(19-16-29-70-55(63)39(3)4)54(49(33-50)20-17-30-71-56(64)40(5)6)72-35-61(36-73-57(65)41(7)8,37-74-58(66)42(9)10)38-75-60(68)59(67)69-11/h25-28,31-34,43,45H,3,5,7,9,12-24,29-30,35-38H2,1-2,4,6,8,10-11H3. The van der Waals surface area contributed by atoms with Crippen molar-refractivity contribution in [1.29, 1.82) is 0 Å². The summed E-state index contributed by atoms with van der Waals surface area (Å²) in [7, 11) is 1.00. The quantitative estimate of drug-likeness (QED) is 0.0212. The van der Waals surface area contributed by atoms with E-state index in [2.05, 4.69) is 44.0 Å². The van der Waals surface area contributed by atoms with Crippen LogP contribution in [0.1, 0.15) is 134 Å². The van der Waals surface area contributed by atoms with Crippen LogP contribution in [-0.2, 0) is 76.5 Å². The minimum Gasteiger partial charge on any atom is -0.492 e. The maximum absolute atomic E-state index is 16.3. The Morgan fingerprint density at radius 1 is 0.560 bits per heavy atom. The molecule has 3 aromatic rings. The molecule has 1 aliphatic rings. The summed E-state index contributed by atoms with van der Waals surface area (Å²) in [6.07, 6.45) is 11.4. The van der Waals surface area contributed by atoms with Gasteiger partial charge in [0.25, 0.3) is 0 Å². The first-order valence-corrected chi connectivity index (χ1v) is 26.0. The van der Waals surface area contributed by atoms with E-state index < -0.39 is 67.7 Å². The average Bonchev–Trinajstić information content (AvgIpc) is 3.39. The lowest BCUT2D eigenvalue weighted by Gasteiger charge is -2.32. The lowest BCUT2D eigenvalue weighted by molar-refractivity contribution is -0.173. The second-order valence-corrected chi connectivity index (χ2v) is 19.9. The van der Waals surface area contributed by atoms with E-state index in [9.17, 15) is 28.8 Å². The highest BCUT2D eigenvalue weighted by Crippen LogP contribution is 2.41. The van der Waals surface area contributed by atoms with Gasteiger partial charge in [0, 0.05) is 27.9 Å². The molecule has 0 aromatic heterocycles. The lowest BCUT2D eigenvalue weighted by atomic mass is 9.77. The normalized spacial score (nSPS) is 14.2. The molecule has 0 spiro atoms. The van der Waals surface area contributed by atoms with Crippen LogP contribution < -0.4 is 4.74 Å². The number of methoxy groups -OCH3 is 1. The Bertz CT molecular complexity index is 2480. The van der Waals surface area contributed by atoms with E-state index in [-0.39, 0.29) is 41.3 Å². The van der Waals surface area contributed by atoms with Gasteiger partial charge in [-0.3, -0.25) is 0 Å². The van der Waals surface area contributed by atoms with E-state index in [0.717, 1.165) is 53.7 Å². The third kappa shape index (κ3) is 18.5. The molecule has 75 heavy (non-hydrogen) atoms. The van der Waals surface area contributed by atoms with E-state index in [0.29, 0.717) is 60.5 Å². The minimum absolute atomic E-state index is 0.0298. The molecule has 0 aliphatic heterocycles. The van der Waals surface area contributed by atoms with Gasteiger partial charge in [-0.05, 0) is 154 Å². The molecule has 4 rings (SSSR count). The maximum Gasteiger partial charge on any atom is 0.417 e. The van der Waals surface area contributed by atoms with E-state index in [1.54, 1.807) is 19.9 Å². The second-order valence-electron chi connectivity index (χ2n) is 19.9. The first kappa shape index (κ1) is 60.7. The van der Waals surface area contributed by atoms with Crippen molar-refractivity contribution in [1.82, 2.24) is 0 Å². The minimum atomic E-state index is -1.64. The van der Waals surface area contributed by atoms with Gasteiger partial charge >= 0.3 is 35.8 Å². The summed E-state index contributed by atoms with van der Waals surface area (Å²) in [6.45, 7) is 22.8. The first-order chi connectivity index (χ1) is 35.7. The van der Waals surface area contributed by atoms with E-state index in [4.69, 9.17) is 28.4 Å². The highest BCUT2D eigenvalue weighted by molar-refractivity contribution is 6.29. The fraction of sp³-hybridized carbons (Fsp3) is 0.475. The average molecular weight is 1040 g/mol. The maximum atomic E-state index is 16.3. The summed E-state index contributed by atoms with van der Waals surface area (Å²) in [5.74, 6) is -4.18. The van der Waals surface area contributed by atoms with Crippen LogP contribution in [0.2, 0.25) is 0 Å². The zero-order valence-electron chi connectivity index (χ0n) is 45.2. The number of carbonyl (C=O) groups is 6. The SMILES string of the molecule is C=C(C)C(=O)OCCCc1cc(-c2ccc(-c3ccc(C4CCC(CCCCC)CC4)cc3F)c(CC)c2)cc(CCCOC(=O)C(=C)C)c1OCC(COC(=O)C(=C)C)(COC(=O)C(=C)C)COC(=O)C(=O)OC. The Morgan fingerprint density at radius 3 is 1.53 bits per heavy atom. The molecule has 0 unspecified atom stereocenters. The van der Waals surface area contributed by atoms with Crippen LogP contribution in [-0.4, -0.2) is 82.6 Å². The summed E-state index contributed by atoms with van der Waals surface area (Å²) < 4.78 is 55.1. The first-order valence-electron chi connectivity index (χ1n) is 26.0. The van der Waals surface area contributed by atoms with Crippen LogP contribution in [0.15, 0.2) is 97.1 Å². The summed E-state index contributed by atoms with van der Waals surface area (Å²) in [5.41, 5.74) is 5.10. The van der Waals surface area contributed by atoms with E-state index in [1.165, 1.54) is 52.4 Å². The van der Waals surface area contributed by atoms with Gasteiger partial charge < -0.3 is 33.2 Å². The number of halogens is 1. The molecule has 0 bridgehead atoms. The number of rotatable bonds is 29. The van der Waals surface area contributed by atoms with Crippen molar-refractivity contribution in [3.63, 3.8) is 0 Å². The Balaban J connectivity index is 1.83. The van der Waals surface area contributed by atoms with Crippen LogP contribution in [0.3, 0.4) is 0 Å². The molecule has 13 nitrogen and oxygen atoms in total. The lowest BCUT2D eigenvalue weighted by Crippen LogP contribution is -2.45. The van der Waals surface area contributed by atoms with Gasteiger partial charge in [-0.2, -0.15) is 0 Å². The zero-order valence-corrected chi connectivity index (χ0v) is 45.2. The number of esters is 6. The molecule has 0 atom stereocenters. The number of aryl methyl sites for hydroxylation is 3. The Labute approximate surface area is 442 Å². The van der Waals surface area contributed by atoms with Crippen molar-refractivity contribution in [3.05, 3.63) is 125 Å². The Morgan fingerprint density at radius 2 is 1.05 bits per heavy atom. The number of carbonyl (C=O) groups excluding carboxylic acids is 6. The number of unbranched alkanes of at least 4 members (excludes halogenated alkanes) is 2. The summed E-state index contributed by atoms with van der Waals surface area (Å²) in [4.78, 5) is 75.5. The monoisotopic (exact) mass is 1040 g/mol. The fourth-order valence-corrected chi connectivity index (χ4v) is 8.90. The van der Waals surface area contributed by atoms with Gasteiger partial charge in [0.05, 0.1) is 20.3 Å². The highest BCUT2D eigenvalue weighted by atomic mass is 19.1. The second kappa shape index (κ2) is 29.9. The Hall–Kier alpha value is -6.83.